The van der Waals surface area contributed by atoms with Crippen LogP contribution in [0.2, 0.25) is 16.4 Å². The average molecular weight is 847 g/mol. The number of hydrogen-bond acceptors (Lipinski definition) is 1. The highest BCUT2D eigenvalue weighted by atomic mass is 16.3. The summed E-state index contributed by atoms with van der Waals surface area (Å²) in [6, 6.07) is 21.7. The average Bonchev–Trinajstić information content (AvgIpc) is 3.27. The Bertz CT molecular complexity index is 2070. The summed E-state index contributed by atoms with van der Waals surface area (Å²) in [7, 11) is 0. The maximum atomic E-state index is 14.3. The highest BCUT2D eigenvalue weighted by Crippen LogP contribution is 2.78. The van der Waals surface area contributed by atoms with Gasteiger partial charge in [-0.1, -0.05) is 220 Å². The molecule has 10 atom stereocenters. The van der Waals surface area contributed by atoms with E-state index in [1.807, 2.05) is 20.8 Å². The van der Waals surface area contributed by atoms with Crippen molar-refractivity contribution in [3.63, 3.8) is 0 Å². The van der Waals surface area contributed by atoms with E-state index in [0.29, 0.717) is 30.4 Å². The van der Waals surface area contributed by atoms with Crippen LogP contribution in [0.15, 0.2) is 151 Å². The van der Waals surface area contributed by atoms with Crippen molar-refractivity contribution < 1.29 is 5.11 Å². The summed E-state index contributed by atoms with van der Waals surface area (Å²) in [4.78, 5) is 0. The molecule has 2 aromatic carbocycles. The highest BCUT2D eigenvalue weighted by molar-refractivity contribution is 6.69. The van der Waals surface area contributed by atoms with Crippen LogP contribution in [0.3, 0.4) is 0 Å². The summed E-state index contributed by atoms with van der Waals surface area (Å²) in [6.07, 6.45) is 17.3. The van der Waals surface area contributed by atoms with Gasteiger partial charge >= 0.3 is 0 Å². The van der Waals surface area contributed by atoms with Gasteiger partial charge in [-0.25, -0.2) is 0 Å². The van der Waals surface area contributed by atoms with Crippen molar-refractivity contribution in [2.24, 2.45) is 35.0 Å². The van der Waals surface area contributed by atoms with Crippen LogP contribution in [0.25, 0.3) is 5.57 Å². The van der Waals surface area contributed by atoms with E-state index in [0.717, 1.165) is 37.7 Å². The van der Waals surface area contributed by atoms with Crippen molar-refractivity contribution >= 4 is 12.3 Å². The summed E-state index contributed by atoms with van der Waals surface area (Å²) in [5.74, 6) is 2.27. The van der Waals surface area contributed by atoms with Gasteiger partial charge in [0.25, 0.3) is 0 Å². The normalized spacial score (nSPS) is 31.4. The molecule has 3 fully saturated rings. The van der Waals surface area contributed by atoms with Gasteiger partial charge in [-0.05, 0) is 134 Å². The summed E-state index contributed by atoms with van der Waals surface area (Å²) in [6.45, 7) is 51.2. The molecule has 2 saturated heterocycles. The van der Waals surface area contributed by atoms with Crippen molar-refractivity contribution in [2.75, 3.05) is 0 Å². The SMILES string of the molecule is C=C(C)C1=CCCC=C1.C=C(C)CC1C(=C)C2(C)B([C@H](CC(=C)c3ccccc3)C3(O)C[C@H](CC(=C)[C@H](C)C(C)c4ccccc4)C(C)=C1C3(C)C)[C@]1(CC)CCC1CC2C.CC. The largest absolute Gasteiger partial charge is 0.389 e. The van der Waals surface area contributed by atoms with E-state index in [9.17, 15) is 5.11 Å². The van der Waals surface area contributed by atoms with Crippen LogP contribution in [0.4, 0.5) is 0 Å². The van der Waals surface area contributed by atoms with Gasteiger partial charge in [0.2, 0.25) is 0 Å². The first-order valence-corrected chi connectivity index (χ1v) is 25.0. The molecule has 0 radical (unpaired) electrons. The van der Waals surface area contributed by atoms with Gasteiger partial charge in [0, 0.05) is 11.3 Å². The number of allylic oxidation sites excluding steroid dienone is 10. The zero-order valence-corrected chi connectivity index (χ0v) is 42.2. The van der Waals surface area contributed by atoms with Crippen LogP contribution >= 0.6 is 0 Å². The third kappa shape index (κ3) is 9.29. The molecule has 2 heterocycles. The molecule has 0 aromatic heterocycles. The molecule has 0 spiro atoms. The summed E-state index contributed by atoms with van der Waals surface area (Å²) in [5, 5.41) is 14.3. The predicted octanol–water partition coefficient (Wildman–Crippen LogP) is 17.8. The van der Waals surface area contributed by atoms with Gasteiger partial charge in [0.1, 0.15) is 0 Å². The molecule has 2 aromatic rings. The van der Waals surface area contributed by atoms with Gasteiger partial charge in [-0.3, -0.25) is 0 Å². The second-order valence-corrected chi connectivity index (χ2v) is 21.6. The van der Waals surface area contributed by atoms with E-state index in [1.165, 1.54) is 82.2 Å². The Balaban J connectivity index is 0.000000599. The van der Waals surface area contributed by atoms with E-state index in [1.54, 1.807) is 0 Å². The first kappa shape index (κ1) is 50.4. The van der Waals surface area contributed by atoms with Gasteiger partial charge in [0.15, 0.2) is 6.71 Å². The fourth-order valence-corrected chi connectivity index (χ4v) is 13.9. The van der Waals surface area contributed by atoms with E-state index >= 15 is 0 Å². The first-order chi connectivity index (χ1) is 29.8. The van der Waals surface area contributed by atoms with E-state index < -0.39 is 11.0 Å². The maximum absolute atomic E-state index is 14.3. The smallest absolute Gasteiger partial charge is 0.165 e. The van der Waals surface area contributed by atoms with Crippen molar-refractivity contribution in [1.82, 2.24) is 0 Å². The molecule has 3 aliphatic carbocycles. The summed E-state index contributed by atoms with van der Waals surface area (Å²) in [5.41, 5.74) is 11.6. The molecule has 0 amide bonds. The predicted molar refractivity (Wildman–Crippen MR) is 279 cm³/mol. The van der Waals surface area contributed by atoms with Crippen LogP contribution in [0.5, 0.6) is 0 Å². The quantitative estimate of drug-likeness (QED) is 0.167. The fourth-order valence-electron chi connectivity index (χ4n) is 13.9. The lowest BCUT2D eigenvalue weighted by atomic mass is 9.05. The van der Waals surface area contributed by atoms with Gasteiger partial charge in [-0.15, -0.1) is 6.58 Å². The second kappa shape index (κ2) is 20.3. The molecule has 340 valence electrons. The molecule has 2 aliphatic heterocycles. The Morgan fingerprint density at radius 3 is 2.02 bits per heavy atom. The second-order valence-electron chi connectivity index (χ2n) is 21.6. The molecule has 1 N–H and O–H groups in total. The van der Waals surface area contributed by atoms with E-state index in [4.69, 9.17) is 19.7 Å². The molecule has 2 heteroatoms. The first-order valence-electron chi connectivity index (χ1n) is 25.0. The minimum absolute atomic E-state index is 0.0350. The zero-order valence-electron chi connectivity index (χ0n) is 42.2. The van der Waals surface area contributed by atoms with Gasteiger partial charge in [0.05, 0.1) is 5.60 Å². The Morgan fingerprint density at radius 1 is 0.889 bits per heavy atom. The minimum Gasteiger partial charge on any atom is -0.389 e. The molecule has 63 heavy (non-hydrogen) atoms. The number of aliphatic hydroxyl groups is 1. The summed E-state index contributed by atoms with van der Waals surface area (Å²) < 4.78 is 0. The Morgan fingerprint density at radius 2 is 1.51 bits per heavy atom. The molecular weight excluding hydrogens is 759 g/mol. The molecular formula is C61H87BO. The Kier molecular flexibility index (Phi) is 16.2. The lowest BCUT2D eigenvalue weighted by Gasteiger charge is -2.71. The molecule has 2 bridgehead atoms. The Labute approximate surface area is 387 Å². The van der Waals surface area contributed by atoms with Crippen molar-refractivity contribution in [3.05, 3.63) is 162 Å². The van der Waals surface area contributed by atoms with Gasteiger partial charge in [-0.2, -0.15) is 0 Å². The monoisotopic (exact) mass is 847 g/mol. The third-order valence-corrected chi connectivity index (χ3v) is 18.1. The number of benzene rings is 2. The highest BCUT2D eigenvalue weighted by Gasteiger charge is 2.72. The molecule has 7 rings (SSSR count). The fraction of sp³-hybridized carbons (Fsp3) is 0.541. The molecule has 6 unspecified atom stereocenters. The lowest BCUT2D eigenvalue weighted by molar-refractivity contribution is -0.0885. The standard InChI is InChI=1S/C50H69BO.C9H12.C2H6/c1-14-49-26-25-43(49)30-35(6)48(13)39(10)44(27-32(2)3)46-38(9)42(28-33(4)36(7)37(8)41-23-19-16-20-24-41)31-50(52,47(46,11)12)45(51(48)49)29-34(5)40-21-17-15-18-22-40;1-8(2)9-6-4-3-5-7-9;1-2/h15-24,35-37,42-45,52H,2,4-5,10,14,25-31H2,1,3,6-9,11-13H3;4,6-7H,1,3,5H2,2H3;1-2H3/t35?,36-,37?,42-,43?,44?,45+,48?,49+,50?;;/m0../s1. The topological polar surface area (TPSA) is 20.2 Å². The van der Waals surface area contributed by atoms with Crippen LogP contribution in [0, 0.1) is 35.0 Å². The molecule has 1 saturated carbocycles. The van der Waals surface area contributed by atoms with Gasteiger partial charge < -0.3 is 5.11 Å². The van der Waals surface area contributed by atoms with Crippen LogP contribution in [0.1, 0.15) is 164 Å². The van der Waals surface area contributed by atoms with Crippen LogP contribution in [-0.4, -0.2) is 17.4 Å². The van der Waals surface area contributed by atoms with Crippen molar-refractivity contribution in [1.29, 1.82) is 0 Å². The third-order valence-electron chi connectivity index (χ3n) is 18.1. The van der Waals surface area contributed by atoms with Crippen LogP contribution in [-0.2, 0) is 0 Å². The molecule has 1 nitrogen and oxygen atoms in total. The van der Waals surface area contributed by atoms with Crippen molar-refractivity contribution in [2.45, 2.75) is 175 Å². The number of hydrogen-bond donors (Lipinski definition) is 1. The number of rotatable bonds is 12. The maximum Gasteiger partial charge on any atom is 0.165 e. The lowest BCUT2D eigenvalue weighted by Crippen LogP contribution is -2.68. The minimum atomic E-state index is -0.946. The van der Waals surface area contributed by atoms with Crippen LogP contribution < -0.4 is 0 Å². The summed E-state index contributed by atoms with van der Waals surface area (Å²) >= 11 is 0. The zero-order chi connectivity index (χ0) is 46.7. The number of fused-ring (bicyclic) bond motifs is 5. The van der Waals surface area contributed by atoms with Crippen molar-refractivity contribution in [3.8, 4) is 0 Å². The van der Waals surface area contributed by atoms with E-state index in [2.05, 4.69) is 154 Å². The Hall–Kier alpha value is -3.62. The van der Waals surface area contributed by atoms with E-state index in [-0.39, 0.29) is 28.3 Å². The molecule has 5 aliphatic rings.